The average molecular weight is 635 g/mol. The van der Waals surface area contributed by atoms with Crippen molar-refractivity contribution in [3.8, 4) is 5.75 Å². The lowest BCUT2D eigenvalue weighted by molar-refractivity contribution is -0.136. The van der Waals surface area contributed by atoms with E-state index in [0.717, 1.165) is 34.7 Å². The maximum Gasteiger partial charge on any atom is 0.243 e. The van der Waals surface area contributed by atoms with Gasteiger partial charge in [0.15, 0.2) is 0 Å². The number of amides is 4. The molecule has 9 nitrogen and oxygen atoms in total. The summed E-state index contributed by atoms with van der Waals surface area (Å²) in [6, 6.07) is 19.2. The molecule has 4 amide bonds. The quantitative estimate of drug-likeness (QED) is 0.358. The Balaban J connectivity index is 1.41. The minimum atomic E-state index is -1.13. The molecule has 0 aliphatic carbocycles. The predicted molar refractivity (Wildman–Crippen MR) is 182 cm³/mol. The number of nitrogens with one attached hydrogen (secondary N) is 3. The molecule has 1 fully saturated rings. The standard InChI is InChI=1S/C38H42N4O5/c1-2-3-14-30-15-5-7-17-35(43)40-34(25-36(44)42-22-8-9-23-42)38(46)41-33(24-27-18-20-31(47-30)21-19-27)37(45)39-26-29-13-10-12-28-11-4-6-16-32(28)29/h2-6,10-16,18-21,33-34H,7-9,17,22-26H2,1H3,(H,39,45)(H,40,43)(H,41,46)/b3-2-,15-5?,30-14+. The summed E-state index contributed by atoms with van der Waals surface area (Å²) in [5.74, 6) is -0.307. The van der Waals surface area contributed by atoms with Crippen molar-refractivity contribution in [3.05, 3.63) is 114 Å². The van der Waals surface area contributed by atoms with Gasteiger partial charge in [0.1, 0.15) is 23.6 Å². The Labute approximate surface area is 275 Å². The molecule has 6 rings (SSSR count). The second-order valence-electron chi connectivity index (χ2n) is 11.8. The minimum Gasteiger partial charge on any atom is -0.457 e. The molecular formula is C38H42N4O5. The lowest BCUT2D eigenvalue weighted by Gasteiger charge is -2.25. The third kappa shape index (κ3) is 9.42. The van der Waals surface area contributed by atoms with Crippen molar-refractivity contribution in [3.63, 3.8) is 0 Å². The topological polar surface area (TPSA) is 117 Å². The molecule has 3 aromatic rings. The van der Waals surface area contributed by atoms with E-state index in [0.29, 0.717) is 31.0 Å². The first-order chi connectivity index (χ1) is 22.9. The van der Waals surface area contributed by atoms with Crippen molar-refractivity contribution in [1.82, 2.24) is 20.9 Å². The first kappa shape index (κ1) is 33.2. The fraction of sp³-hybridized carbons (Fsp3) is 0.316. The monoisotopic (exact) mass is 634 g/mol. The molecule has 3 heterocycles. The van der Waals surface area contributed by atoms with E-state index < -0.39 is 18.0 Å². The van der Waals surface area contributed by atoms with Crippen molar-refractivity contribution < 1.29 is 23.9 Å². The highest BCUT2D eigenvalue weighted by Gasteiger charge is 2.31. The number of hydrogen-bond donors (Lipinski definition) is 3. The van der Waals surface area contributed by atoms with Crippen molar-refractivity contribution in [2.75, 3.05) is 13.1 Å². The fourth-order valence-corrected chi connectivity index (χ4v) is 5.77. The van der Waals surface area contributed by atoms with E-state index in [1.165, 1.54) is 0 Å². The molecule has 0 spiro atoms. The smallest absolute Gasteiger partial charge is 0.243 e. The molecule has 9 heteroatoms. The fourth-order valence-electron chi connectivity index (χ4n) is 5.77. The van der Waals surface area contributed by atoms with Crippen molar-refractivity contribution in [2.24, 2.45) is 0 Å². The number of carbonyl (C=O) groups is 4. The Kier molecular flexibility index (Phi) is 11.6. The van der Waals surface area contributed by atoms with Crippen LogP contribution in [-0.4, -0.2) is 53.7 Å². The van der Waals surface area contributed by atoms with Crippen molar-refractivity contribution in [2.45, 2.75) is 64.1 Å². The van der Waals surface area contributed by atoms with Crippen molar-refractivity contribution >= 4 is 34.4 Å². The molecule has 3 N–H and O–H groups in total. The van der Waals surface area contributed by atoms with Gasteiger partial charge in [0, 0.05) is 32.5 Å². The summed E-state index contributed by atoms with van der Waals surface area (Å²) in [4.78, 5) is 55.4. The summed E-state index contributed by atoms with van der Waals surface area (Å²) in [7, 11) is 0. The highest BCUT2D eigenvalue weighted by molar-refractivity contribution is 5.95. The van der Waals surface area contributed by atoms with Gasteiger partial charge in [-0.1, -0.05) is 72.8 Å². The number of hydrogen-bond acceptors (Lipinski definition) is 5. The van der Waals surface area contributed by atoms with Crippen LogP contribution < -0.4 is 20.7 Å². The highest BCUT2D eigenvalue weighted by atomic mass is 16.5. The van der Waals surface area contributed by atoms with Crippen LogP contribution in [0.2, 0.25) is 0 Å². The van der Waals surface area contributed by atoms with Gasteiger partial charge in [-0.05, 0) is 72.4 Å². The number of likely N-dealkylation sites (tertiary alicyclic amines) is 1. The normalized spacial score (nSPS) is 20.2. The van der Waals surface area contributed by atoms with Gasteiger partial charge >= 0.3 is 0 Å². The zero-order valence-electron chi connectivity index (χ0n) is 26.7. The number of benzene rings is 3. The number of ether oxygens (including phenoxy) is 1. The van der Waals surface area contributed by atoms with Crippen LogP contribution in [0.15, 0.2) is 103 Å². The van der Waals surface area contributed by atoms with E-state index in [2.05, 4.69) is 16.0 Å². The molecule has 2 unspecified atom stereocenters. The van der Waals surface area contributed by atoms with Crippen molar-refractivity contribution in [1.29, 1.82) is 0 Å². The van der Waals surface area contributed by atoms with Gasteiger partial charge in [-0.3, -0.25) is 19.2 Å². The first-order valence-corrected chi connectivity index (χ1v) is 16.3. The molecule has 0 aromatic heterocycles. The summed E-state index contributed by atoms with van der Waals surface area (Å²) in [5.41, 5.74) is 1.75. The van der Waals surface area contributed by atoms with Gasteiger partial charge in [-0.15, -0.1) is 0 Å². The van der Waals surface area contributed by atoms with E-state index in [1.54, 1.807) is 11.0 Å². The van der Waals surface area contributed by atoms with Gasteiger partial charge in [0.2, 0.25) is 23.6 Å². The summed E-state index contributed by atoms with van der Waals surface area (Å²) in [6.07, 6.45) is 11.6. The van der Waals surface area contributed by atoms with Gasteiger partial charge in [0.25, 0.3) is 0 Å². The number of rotatable bonds is 6. The second kappa shape index (κ2) is 16.4. The van der Waals surface area contributed by atoms with Crippen LogP contribution in [0.25, 0.3) is 10.8 Å². The van der Waals surface area contributed by atoms with Gasteiger partial charge in [-0.2, -0.15) is 0 Å². The maximum absolute atomic E-state index is 13.8. The van der Waals surface area contributed by atoms with Crippen LogP contribution >= 0.6 is 0 Å². The van der Waals surface area contributed by atoms with Crippen LogP contribution in [0.5, 0.6) is 5.75 Å². The molecule has 244 valence electrons. The van der Waals surface area contributed by atoms with Crippen LogP contribution in [0.4, 0.5) is 0 Å². The van der Waals surface area contributed by atoms with Gasteiger partial charge < -0.3 is 25.6 Å². The highest BCUT2D eigenvalue weighted by Crippen LogP contribution is 2.20. The van der Waals surface area contributed by atoms with E-state index in [1.807, 2.05) is 98.0 Å². The Morgan fingerprint density at radius 1 is 0.979 bits per heavy atom. The molecular weight excluding hydrogens is 592 g/mol. The summed E-state index contributed by atoms with van der Waals surface area (Å²) in [5, 5.41) is 10.7. The Hall–Kier alpha value is -5.18. The lowest BCUT2D eigenvalue weighted by atomic mass is 10.0. The van der Waals surface area contributed by atoms with Crippen LogP contribution in [0.1, 0.15) is 50.2 Å². The van der Waals surface area contributed by atoms with Crippen LogP contribution in [0.3, 0.4) is 0 Å². The van der Waals surface area contributed by atoms with E-state index in [4.69, 9.17) is 4.74 Å². The molecule has 1 saturated heterocycles. The second-order valence-corrected chi connectivity index (χ2v) is 11.8. The molecule has 2 atom stereocenters. The maximum atomic E-state index is 13.8. The molecule has 0 saturated carbocycles. The van der Waals surface area contributed by atoms with Crippen LogP contribution in [0, 0.1) is 0 Å². The number of allylic oxidation sites excluding steroid dienone is 5. The SMILES string of the molecule is C/C=C\C=C1/C=CCCC(=O)NC(CC(=O)N2CCCC2)C(=O)NC(C(=O)NCc2cccc3ccccc23)Cc2ccc(cc2)O1. The average Bonchev–Trinajstić information content (AvgIpc) is 3.63. The number of carbonyl (C=O) groups excluding carboxylic acids is 4. The predicted octanol–water partition coefficient (Wildman–Crippen LogP) is 4.87. The lowest BCUT2D eigenvalue weighted by Crippen LogP contribution is -2.55. The molecule has 3 aliphatic rings. The Bertz CT molecular complexity index is 1670. The zero-order chi connectivity index (χ0) is 33.0. The molecule has 47 heavy (non-hydrogen) atoms. The number of fused-ring (bicyclic) bond motifs is 14. The van der Waals surface area contributed by atoms with E-state index >= 15 is 0 Å². The van der Waals surface area contributed by atoms with Gasteiger partial charge in [0.05, 0.1) is 6.42 Å². The largest absolute Gasteiger partial charge is 0.457 e. The van der Waals surface area contributed by atoms with E-state index in [9.17, 15) is 19.2 Å². The van der Waals surface area contributed by atoms with Crippen LogP contribution in [-0.2, 0) is 32.1 Å². The minimum absolute atomic E-state index is 0.109. The molecule has 2 bridgehead atoms. The third-order valence-corrected chi connectivity index (χ3v) is 8.33. The van der Waals surface area contributed by atoms with Gasteiger partial charge in [-0.25, -0.2) is 0 Å². The number of nitrogens with zero attached hydrogens (tertiary/aromatic N) is 1. The Morgan fingerprint density at radius 2 is 1.74 bits per heavy atom. The summed E-state index contributed by atoms with van der Waals surface area (Å²) in [6.45, 7) is 3.44. The zero-order valence-corrected chi connectivity index (χ0v) is 26.7. The third-order valence-electron chi connectivity index (χ3n) is 8.33. The first-order valence-electron chi connectivity index (χ1n) is 16.3. The van der Waals surface area contributed by atoms with E-state index in [-0.39, 0.29) is 43.5 Å². The Morgan fingerprint density at radius 3 is 2.53 bits per heavy atom. The summed E-state index contributed by atoms with van der Waals surface area (Å²) < 4.78 is 6.08. The molecule has 3 aromatic carbocycles. The molecule has 3 aliphatic heterocycles. The molecule has 0 radical (unpaired) electrons. The summed E-state index contributed by atoms with van der Waals surface area (Å²) >= 11 is 0.